The first-order chi connectivity index (χ1) is 6.36. The summed E-state index contributed by atoms with van der Waals surface area (Å²) in [7, 11) is 0. The fraction of sp³-hybridized carbons (Fsp3) is 0.167. The summed E-state index contributed by atoms with van der Waals surface area (Å²) in [5.41, 5.74) is 2.42. The van der Waals surface area contributed by atoms with Crippen molar-refractivity contribution in [3.8, 4) is 0 Å². The molecule has 0 fully saturated rings. The topological polar surface area (TPSA) is 9.23 Å². The van der Waals surface area contributed by atoms with Crippen LogP contribution >= 0.6 is 0 Å². The highest BCUT2D eigenvalue weighted by Gasteiger charge is 1.91. The fourth-order valence-electron chi connectivity index (χ4n) is 1.08. The van der Waals surface area contributed by atoms with Crippen molar-refractivity contribution in [3.63, 3.8) is 0 Å². The third kappa shape index (κ3) is 3.16. The Labute approximate surface area is 79.4 Å². The molecular formula is C12H14O. The minimum Gasteiger partial charge on any atom is -0.501 e. The van der Waals surface area contributed by atoms with Crippen LogP contribution in [-0.4, -0.2) is 6.61 Å². The van der Waals surface area contributed by atoms with E-state index in [-0.39, 0.29) is 0 Å². The van der Waals surface area contributed by atoms with Crippen LogP contribution in [0.2, 0.25) is 0 Å². The van der Waals surface area contributed by atoms with Gasteiger partial charge in [0.1, 0.15) is 0 Å². The monoisotopic (exact) mass is 174 g/mol. The molecule has 1 nitrogen and oxygen atoms in total. The van der Waals surface area contributed by atoms with Crippen LogP contribution in [-0.2, 0) is 11.2 Å². The summed E-state index contributed by atoms with van der Waals surface area (Å²) in [5, 5.41) is 0. The molecule has 0 spiro atoms. The van der Waals surface area contributed by atoms with Crippen LogP contribution in [0.15, 0.2) is 43.7 Å². The standard InChI is InChI=1S/C12H14O/c1-3-11-5-7-12(8-6-11)9-10-13-4-2/h3-8H,1-2,9-10H2. The average molecular weight is 174 g/mol. The van der Waals surface area contributed by atoms with Crippen LogP contribution < -0.4 is 0 Å². The lowest BCUT2D eigenvalue weighted by molar-refractivity contribution is 0.255. The Balaban J connectivity index is 2.48. The van der Waals surface area contributed by atoms with Gasteiger partial charge in [0.25, 0.3) is 0 Å². The van der Waals surface area contributed by atoms with Gasteiger partial charge < -0.3 is 4.74 Å². The molecule has 0 radical (unpaired) electrons. The van der Waals surface area contributed by atoms with E-state index in [1.165, 1.54) is 11.8 Å². The highest BCUT2D eigenvalue weighted by atomic mass is 16.5. The van der Waals surface area contributed by atoms with E-state index in [0.717, 1.165) is 12.0 Å². The number of hydrogen-bond acceptors (Lipinski definition) is 1. The molecular weight excluding hydrogens is 160 g/mol. The largest absolute Gasteiger partial charge is 0.501 e. The SMILES string of the molecule is C=COCCc1ccc(C=C)cc1. The van der Waals surface area contributed by atoms with Crippen LogP contribution in [0.3, 0.4) is 0 Å². The van der Waals surface area contributed by atoms with Gasteiger partial charge in [0.15, 0.2) is 0 Å². The maximum absolute atomic E-state index is 5.04. The van der Waals surface area contributed by atoms with E-state index >= 15 is 0 Å². The highest BCUT2D eigenvalue weighted by molar-refractivity contribution is 5.47. The lowest BCUT2D eigenvalue weighted by Crippen LogP contribution is -1.93. The van der Waals surface area contributed by atoms with Crippen molar-refractivity contribution in [1.29, 1.82) is 0 Å². The number of rotatable bonds is 5. The maximum atomic E-state index is 5.04. The highest BCUT2D eigenvalue weighted by Crippen LogP contribution is 2.06. The second-order valence-corrected chi connectivity index (χ2v) is 2.73. The minimum absolute atomic E-state index is 0.691. The van der Waals surface area contributed by atoms with Gasteiger partial charge in [-0.25, -0.2) is 0 Å². The first-order valence-corrected chi connectivity index (χ1v) is 4.30. The quantitative estimate of drug-likeness (QED) is 0.492. The lowest BCUT2D eigenvalue weighted by atomic mass is 10.1. The van der Waals surface area contributed by atoms with Crippen LogP contribution in [0.25, 0.3) is 6.08 Å². The van der Waals surface area contributed by atoms with Gasteiger partial charge in [-0.05, 0) is 11.1 Å². The summed E-state index contributed by atoms with van der Waals surface area (Å²) in [6.45, 7) is 7.87. The van der Waals surface area contributed by atoms with E-state index in [2.05, 4.69) is 37.4 Å². The molecule has 0 bridgehead atoms. The van der Waals surface area contributed by atoms with Crippen LogP contribution in [0.5, 0.6) is 0 Å². The molecule has 0 amide bonds. The van der Waals surface area contributed by atoms with Crippen molar-refractivity contribution in [2.24, 2.45) is 0 Å². The van der Waals surface area contributed by atoms with Crippen molar-refractivity contribution >= 4 is 6.08 Å². The van der Waals surface area contributed by atoms with Gasteiger partial charge in [0.05, 0.1) is 12.9 Å². The van der Waals surface area contributed by atoms with Crippen molar-refractivity contribution in [2.45, 2.75) is 6.42 Å². The molecule has 13 heavy (non-hydrogen) atoms. The normalized spacial score (nSPS) is 9.23. The van der Waals surface area contributed by atoms with Gasteiger partial charge in [0, 0.05) is 6.42 Å². The Morgan fingerprint density at radius 1 is 1.15 bits per heavy atom. The zero-order valence-corrected chi connectivity index (χ0v) is 7.70. The molecule has 0 saturated heterocycles. The lowest BCUT2D eigenvalue weighted by Gasteiger charge is -2.01. The number of benzene rings is 1. The minimum atomic E-state index is 0.691. The maximum Gasteiger partial charge on any atom is 0.0913 e. The second kappa shape index (κ2) is 5.20. The van der Waals surface area contributed by atoms with Crippen LogP contribution in [0.1, 0.15) is 11.1 Å². The van der Waals surface area contributed by atoms with Gasteiger partial charge in [-0.1, -0.05) is 43.5 Å². The first-order valence-electron chi connectivity index (χ1n) is 4.30. The molecule has 0 N–H and O–H groups in total. The smallest absolute Gasteiger partial charge is 0.0913 e. The molecule has 1 rings (SSSR count). The molecule has 1 aromatic rings. The molecule has 68 valence electrons. The molecule has 0 saturated carbocycles. The van der Waals surface area contributed by atoms with Crippen molar-refractivity contribution < 1.29 is 4.74 Å². The Morgan fingerprint density at radius 2 is 1.85 bits per heavy atom. The third-order valence-electron chi connectivity index (χ3n) is 1.84. The predicted molar refractivity (Wildman–Crippen MR) is 56.4 cm³/mol. The second-order valence-electron chi connectivity index (χ2n) is 2.73. The molecule has 0 aliphatic rings. The Kier molecular flexibility index (Phi) is 3.83. The molecule has 0 aromatic heterocycles. The average Bonchev–Trinajstić information content (AvgIpc) is 2.19. The summed E-state index contributed by atoms with van der Waals surface area (Å²) in [5.74, 6) is 0. The Hall–Kier alpha value is -1.50. The zero-order valence-electron chi connectivity index (χ0n) is 7.70. The van der Waals surface area contributed by atoms with Gasteiger partial charge in [-0.2, -0.15) is 0 Å². The Bertz CT molecular complexity index is 272. The molecule has 0 aliphatic carbocycles. The molecule has 0 unspecified atom stereocenters. The van der Waals surface area contributed by atoms with Crippen molar-refractivity contribution in [1.82, 2.24) is 0 Å². The fourth-order valence-corrected chi connectivity index (χ4v) is 1.08. The summed E-state index contributed by atoms with van der Waals surface area (Å²) < 4.78 is 5.04. The molecule has 0 aliphatic heterocycles. The number of ether oxygens (including phenoxy) is 1. The zero-order chi connectivity index (χ0) is 9.52. The van der Waals surface area contributed by atoms with Crippen LogP contribution in [0.4, 0.5) is 0 Å². The van der Waals surface area contributed by atoms with Gasteiger partial charge >= 0.3 is 0 Å². The van der Waals surface area contributed by atoms with Gasteiger partial charge in [-0.15, -0.1) is 0 Å². The van der Waals surface area contributed by atoms with E-state index in [4.69, 9.17) is 4.74 Å². The molecule has 1 aromatic carbocycles. The Morgan fingerprint density at radius 3 is 2.38 bits per heavy atom. The third-order valence-corrected chi connectivity index (χ3v) is 1.84. The first kappa shape index (κ1) is 9.59. The summed E-state index contributed by atoms with van der Waals surface area (Å²) in [4.78, 5) is 0. The summed E-state index contributed by atoms with van der Waals surface area (Å²) in [6.07, 6.45) is 4.23. The number of hydrogen-bond donors (Lipinski definition) is 0. The summed E-state index contributed by atoms with van der Waals surface area (Å²) in [6, 6.07) is 8.28. The summed E-state index contributed by atoms with van der Waals surface area (Å²) >= 11 is 0. The van der Waals surface area contributed by atoms with Crippen LogP contribution in [0, 0.1) is 0 Å². The molecule has 1 heteroatoms. The van der Waals surface area contributed by atoms with Crippen molar-refractivity contribution in [2.75, 3.05) is 6.61 Å². The van der Waals surface area contributed by atoms with Gasteiger partial charge in [0.2, 0.25) is 0 Å². The predicted octanol–water partition coefficient (Wildman–Crippen LogP) is 3.03. The van der Waals surface area contributed by atoms with E-state index in [9.17, 15) is 0 Å². The van der Waals surface area contributed by atoms with E-state index in [1.807, 2.05) is 6.08 Å². The van der Waals surface area contributed by atoms with E-state index < -0.39 is 0 Å². The van der Waals surface area contributed by atoms with Gasteiger partial charge in [-0.3, -0.25) is 0 Å². The molecule has 0 atom stereocenters. The molecule has 0 heterocycles. The van der Waals surface area contributed by atoms with E-state index in [0.29, 0.717) is 6.61 Å². The van der Waals surface area contributed by atoms with E-state index in [1.54, 1.807) is 0 Å². The van der Waals surface area contributed by atoms with Crippen molar-refractivity contribution in [3.05, 3.63) is 54.8 Å².